The van der Waals surface area contributed by atoms with Crippen LogP contribution in [0.3, 0.4) is 0 Å². The number of aliphatic hydroxyl groups excluding tert-OH is 1. The average molecular weight is 203 g/mol. The first-order valence-corrected chi connectivity index (χ1v) is 5.05. The fraction of sp³-hybridized carbons (Fsp3) is 0.417. The van der Waals surface area contributed by atoms with Crippen molar-refractivity contribution in [2.75, 3.05) is 0 Å². The van der Waals surface area contributed by atoms with E-state index in [-0.39, 0.29) is 5.54 Å². The molecule has 3 nitrogen and oxygen atoms in total. The Labute approximate surface area is 88.5 Å². The highest BCUT2D eigenvalue weighted by Crippen LogP contribution is 2.49. The Morgan fingerprint density at radius 2 is 2.00 bits per heavy atom. The predicted molar refractivity (Wildman–Crippen MR) is 56.1 cm³/mol. The summed E-state index contributed by atoms with van der Waals surface area (Å²) in [6, 6.07) is 7.60. The van der Waals surface area contributed by atoms with Crippen LogP contribution in [-0.2, 0) is 10.3 Å². The number of hydrogen-bond donors (Lipinski definition) is 1. The smallest absolute Gasteiger partial charge is 0.235 e. The van der Waals surface area contributed by atoms with Gasteiger partial charge in [0.25, 0.3) is 0 Å². The van der Waals surface area contributed by atoms with Crippen LogP contribution in [-0.4, -0.2) is 11.2 Å². The molecular weight excluding hydrogens is 190 g/mol. The lowest BCUT2D eigenvalue weighted by Crippen LogP contribution is -2.02. The van der Waals surface area contributed by atoms with E-state index in [4.69, 9.17) is 0 Å². The first-order chi connectivity index (χ1) is 7.18. The highest BCUT2D eigenvalue weighted by Gasteiger charge is 2.44. The number of aliphatic hydroxyl groups is 1. The van der Waals surface area contributed by atoms with Gasteiger partial charge in [-0.3, -0.25) is 0 Å². The molecule has 0 amide bonds. The summed E-state index contributed by atoms with van der Waals surface area (Å²) in [5, 5.41) is 9.35. The molecule has 1 N–H and O–H groups in total. The molecule has 1 aliphatic rings. The third-order valence-corrected chi connectivity index (χ3v) is 2.91. The van der Waals surface area contributed by atoms with Gasteiger partial charge in [-0.2, -0.15) is 4.99 Å². The van der Waals surface area contributed by atoms with Crippen molar-refractivity contribution in [1.82, 2.24) is 0 Å². The molecule has 3 heteroatoms. The van der Waals surface area contributed by atoms with Gasteiger partial charge in [0.2, 0.25) is 6.08 Å². The molecule has 1 saturated carbocycles. The van der Waals surface area contributed by atoms with Crippen molar-refractivity contribution in [3.63, 3.8) is 0 Å². The van der Waals surface area contributed by atoms with Gasteiger partial charge in [-0.05, 0) is 30.9 Å². The SMILES string of the molecule is CC(O)c1ccc(C2(N=C=O)CC2)cc1. The van der Waals surface area contributed by atoms with E-state index >= 15 is 0 Å². The molecule has 1 fully saturated rings. The normalized spacial score (nSPS) is 19.1. The second-order valence-corrected chi connectivity index (χ2v) is 4.03. The maximum atomic E-state index is 10.3. The molecule has 0 spiro atoms. The van der Waals surface area contributed by atoms with Crippen LogP contribution >= 0.6 is 0 Å². The Hall–Kier alpha value is -1.44. The second kappa shape index (κ2) is 3.61. The van der Waals surface area contributed by atoms with Gasteiger partial charge in [-0.15, -0.1) is 0 Å². The quantitative estimate of drug-likeness (QED) is 0.604. The highest BCUT2D eigenvalue weighted by molar-refractivity contribution is 5.41. The fourth-order valence-electron chi connectivity index (χ4n) is 1.74. The van der Waals surface area contributed by atoms with Crippen molar-refractivity contribution < 1.29 is 9.90 Å². The van der Waals surface area contributed by atoms with Gasteiger partial charge in [0.15, 0.2) is 0 Å². The minimum Gasteiger partial charge on any atom is -0.389 e. The molecule has 0 aromatic heterocycles. The van der Waals surface area contributed by atoms with Crippen LogP contribution in [0.15, 0.2) is 29.3 Å². The van der Waals surface area contributed by atoms with Gasteiger partial charge in [0, 0.05) is 0 Å². The molecule has 1 aromatic rings. The van der Waals surface area contributed by atoms with Gasteiger partial charge >= 0.3 is 0 Å². The molecule has 1 aliphatic carbocycles. The zero-order valence-corrected chi connectivity index (χ0v) is 8.60. The molecule has 0 bridgehead atoms. The zero-order chi connectivity index (χ0) is 10.9. The molecule has 0 saturated heterocycles. The van der Waals surface area contributed by atoms with E-state index < -0.39 is 6.10 Å². The van der Waals surface area contributed by atoms with Crippen LogP contribution in [0.25, 0.3) is 0 Å². The third kappa shape index (κ3) is 1.84. The second-order valence-electron chi connectivity index (χ2n) is 4.03. The first kappa shape index (κ1) is 10.1. The molecule has 0 radical (unpaired) electrons. The maximum absolute atomic E-state index is 10.3. The molecule has 78 valence electrons. The predicted octanol–water partition coefficient (Wildman–Crippen LogP) is 2.06. The van der Waals surface area contributed by atoms with E-state index in [0.717, 1.165) is 24.0 Å². The summed E-state index contributed by atoms with van der Waals surface area (Å²) in [5.74, 6) is 0. The number of rotatable bonds is 3. The maximum Gasteiger partial charge on any atom is 0.235 e. The molecule has 0 heterocycles. The van der Waals surface area contributed by atoms with Gasteiger partial charge < -0.3 is 5.11 Å². The van der Waals surface area contributed by atoms with E-state index in [1.165, 1.54) is 0 Å². The van der Waals surface area contributed by atoms with Gasteiger partial charge in [0.1, 0.15) is 0 Å². The summed E-state index contributed by atoms with van der Waals surface area (Å²) >= 11 is 0. The van der Waals surface area contributed by atoms with E-state index in [0.29, 0.717) is 0 Å². The lowest BCUT2D eigenvalue weighted by Gasteiger charge is -2.10. The number of nitrogens with zero attached hydrogens (tertiary/aromatic N) is 1. The number of hydrogen-bond acceptors (Lipinski definition) is 3. The summed E-state index contributed by atoms with van der Waals surface area (Å²) in [7, 11) is 0. The summed E-state index contributed by atoms with van der Waals surface area (Å²) < 4.78 is 0. The lowest BCUT2D eigenvalue weighted by atomic mass is 10.0. The van der Waals surface area contributed by atoms with Crippen LogP contribution < -0.4 is 0 Å². The van der Waals surface area contributed by atoms with Crippen LogP contribution in [0.4, 0.5) is 0 Å². The van der Waals surface area contributed by atoms with E-state index in [9.17, 15) is 9.90 Å². The third-order valence-electron chi connectivity index (χ3n) is 2.91. The van der Waals surface area contributed by atoms with Crippen molar-refractivity contribution in [2.45, 2.75) is 31.4 Å². The van der Waals surface area contributed by atoms with Crippen molar-refractivity contribution in [3.05, 3.63) is 35.4 Å². The van der Waals surface area contributed by atoms with E-state index in [2.05, 4.69) is 4.99 Å². The summed E-state index contributed by atoms with van der Waals surface area (Å²) in [6.45, 7) is 1.73. The number of isocyanates is 1. The number of carbonyl (C=O) groups excluding carboxylic acids is 1. The van der Waals surface area contributed by atoms with Crippen molar-refractivity contribution in [3.8, 4) is 0 Å². The standard InChI is InChI=1S/C12H13NO2/c1-9(15)10-2-4-11(5-3-10)12(6-7-12)13-8-14/h2-5,9,15H,6-7H2,1H3. The Morgan fingerprint density at radius 1 is 1.40 bits per heavy atom. The monoisotopic (exact) mass is 203 g/mol. The largest absolute Gasteiger partial charge is 0.389 e. The van der Waals surface area contributed by atoms with E-state index in [1.54, 1.807) is 13.0 Å². The first-order valence-electron chi connectivity index (χ1n) is 5.05. The molecule has 1 unspecified atom stereocenters. The van der Waals surface area contributed by atoms with Gasteiger partial charge in [0.05, 0.1) is 11.6 Å². The van der Waals surface area contributed by atoms with Crippen LogP contribution in [0.5, 0.6) is 0 Å². The van der Waals surface area contributed by atoms with Crippen molar-refractivity contribution in [1.29, 1.82) is 0 Å². The molecule has 1 aromatic carbocycles. The molecule has 15 heavy (non-hydrogen) atoms. The minimum absolute atomic E-state index is 0.307. The lowest BCUT2D eigenvalue weighted by molar-refractivity contribution is 0.199. The van der Waals surface area contributed by atoms with Crippen LogP contribution in [0.1, 0.15) is 37.0 Å². The van der Waals surface area contributed by atoms with E-state index in [1.807, 2.05) is 24.3 Å². The summed E-state index contributed by atoms with van der Waals surface area (Å²) in [6.07, 6.45) is 3.00. The van der Waals surface area contributed by atoms with Crippen LogP contribution in [0.2, 0.25) is 0 Å². The molecule has 0 aliphatic heterocycles. The molecule has 2 rings (SSSR count). The van der Waals surface area contributed by atoms with Crippen molar-refractivity contribution in [2.24, 2.45) is 4.99 Å². The number of aliphatic imine (C=N–C) groups is 1. The minimum atomic E-state index is -0.455. The Kier molecular flexibility index (Phi) is 2.43. The van der Waals surface area contributed by atoms with Crippen LogP contribution in [0, 0.1) is 0 Å². The zero-order valence-electron chi connectivity index (χ0n) is 8.60. The fourth-order valence-corrected chi connectivity index (χ4v) is 1.74. The summed E-state index contributed by atoms with van der Waals surface area (Å²) in [5.41, 5.74) is 1.61. The van der Waals surface area contributed by atoms with Gasteiger partial charge in [-0.1, -0.05) is 24.3 Å². The van der Waals surface area contributed by atoms with Gasteiger partial charge in [-0.25, -0.2) is 4.79 Å². The Bertz CT molecular complexity index is 398. The Morgan fingerprint density at radius 3 is 2.40 bits per heavy atom. The molecular formula is C12H13NO2. The topological polar surface area (TPSA) is 49.7 Å². The molecule has 1 atom stereocenters. The average Bonchev–Trinajstić information content (AvgIpc) is 3.00. The van der Waals surface area contributed by atoms with Crippen molar-refractivity contribution >= 4 is 6.08 Å². The highest BCUT2D eigenvalue weighted by atomic mass is 16.3. The number of benzene rings is 1. The summed E-state index contributed by atoms with van der Waals surface area (Å²) in [4.78, 5) is 14.1. The Balaban J connectivity index is 2.28.